The Morgan fingerprint density at radius 2 is 2.12 bits per heavy atom. The minimum Gasteiger partial charge on any atom is -0.370 e. The van der Waals surface area contributed by atoms with Gasteiger partial charge in [-0.2, -0.15) is 0 Å². The van der Waals surface area contributed by atoms with Gasteiger partial charge in [-0.15, -0.1) is 0 Å². The first-order valence-electron chi connectivity index (χ1n) is 4.90. The van der Waals surface area contributed by atoms with Gasteiger partial charge in [-0.25, -0.2) is 0 Å². The third-order valence-corrected chi connectivity index (χ3v) is 2.32. The number of hydrogen-bond acceptors (Lipinski definition) is 2. The van der Waals surface area contributed by atoms with Gasteiger partial charge >= 0.3 is 0 Å². The van der Waals surface area contributed by atoms with Crippen LogP contribution in [0, 0.1) is 19.3 Å². The summed E-state index contributed by atoms with van der Waals surface area (Å²) in [4.78, 5) is 11.2. The van der Waals surface area contributed by atoms with E-state index >= 15 is 0 Å². The molecule has 0 heterocycles. The summed E-state index contributed by atoms with van der Waals surface area (Å²) in [5.74, 6) is -0.746. The van der Waals surface area contributed by atoms with Crippen LogP contribution in [0.5, 0.6) is 0 Å². The first-order valence-corrected chi connectivity index (χ1v) is 4.90. The molecule has 0 radical (unpaired) electrons. The molecule has 0 fully saturated rings. The minimum absolute atomic E-state index is 0.351. The van der Waals surface area contributed by atoms with E-state index in [1.54, 1.807) is 6.08 Å². The lowest BCUT2D eigenvalue weighted by atomic mass is 10.0. The fraction of sp³-hybridized carbons (Fsp3) is 0.167. The minimum atomic E-state index is -0.395. The maximum absolute atomic E-state index is 11.2. The SMILES string of the molecule is Cc1cccc(C=CC(=O)NC(=N)N)c1C. The molecule has 1 rings (SSSR count). The molecule has 0 aliphatic carbocycles. The number of nitrogens with one attached hydrogen (secondary N) is 2. The number of nitrogens with two attached hydrogens (primary N) is 1. The van der Waals surface area contributed by atoms with Crippen LogP contribution in [0.4, 0.5) is 0 Å². The Balaban J connectivity index is 2.80. The van der Waals surface area contributed by atoms with Gasteiger partial charge in [-0.05, 0) is 36.6 Å². The highest BCUT2D eigenvalue weighted by Crippen LogP contribution is 2.13. The van der Waals surface area contributed by atoms with Crippen LogP contribution in [0.1, 0.15) is 16.7 Å². The Morgan fingerprint density at radius 3 is 2.75 bits per heavy atom. The number of guanidine groups is 1. The molecule has 16 heavy (non-hydrogen) atoms. The van der Waals surface area contributed by atoms with E-state index in [1.807, 2.05) is 32.0 Å². The molecule has 1 aromatic rings. The molecule has 0 bridgehead atoms. The van der Waals surface area contributed by atoms with Gasteiger partial charge in [-0.1, -0.05) is 18.2 Å². The van der Waals surface area contributed by atoms with E-state index in [1.165, 1.54) is 11.6 Å². The van der Waals surface area contributed by atoms with Gasteiger partial charge in [0.05, 0.1) is 0 Å². The largest absolute Gasteiger partial charge is 0.370 e. The number of hydrogen-bond donors (Lipinski definition) is 3. The molecule has 0 aliphatic rings. The number of carbonyl (C=O) groups is 1. The van der Waals surface area contributed by atoms with Gasteiger partial charge in [0, 0.05) is 6.08 Å². The Labute approximate surface area is 94.7 Å². The first-order chi connectivity index (χ1) is 7.50. The fourth-order valence-corrected chi connectivity index (χ4v) is 1.29. The van der Waals surface area contributed by atoms with E-state index in [2.05, 4.69) is 5.32 Å². The second-order valence-electron chi connectivity index (χ2n) is 3.53. The summed E-state index contributed by atoms with van der Waals surface area (Å²) >= 11 is 0. The van der Waals surface area contributed by atoms with Crippen LogP contribution >= 0.6 is 0 Å². The van der Waals surface area contributed by atoms with E-state index in [4.69, 9.17) is 11.1 Å². The molecule has 0 atom stereocenters. The first kappa shape index (κ1) is 12.0. The van der Waals surface area contributed by atoms with Crippen molar-refractivity contribution in [2.45, 2.75) is 13.8 Å². The summed E-state index contributed by atoms with van der Waals surface area (Å²) in [6.07, 6.45) is 3.07. The molecule has 84 valence electrons. The Kier molecular flexibility index (Phi) is 3.83. The van der Waals surface area contributed by atoms with Crippen molar-refractivity contribution in [3.63, 3.8) is 0 Å². The highest BCUT2D eigenvalue weighted by molar-refractivity contribution is 6.02. The lowest BCUT2D eigenvalue weighted by molar-refractivity contribution is -0.115. The molecule has 4 heteroatoms. The van der Waals surface area contributed by atoms with Crippen LogP contribution in [0.25, 0.3) is 6.08 Å². The van der Waals surface area contributed by atoms with Gasteiger partial charge in [0.1, 0.15) is 0 Å². The standard InChI is InChI=1S/C12H15N3O/c1-8-4-3-5-10(9(8)2)6-7-11(16)15-12(13)14/h3-7H,1-2H3,(H4,13,14,15,16). The van der Waals surface area contributed by atoms with E-state index in [-0.39, 0.29) is 5.96 Å². The normalized spacial score (nSPS) is 10.4. The van der Waals surface area contributed by atoms with Crippen LogP contribution in [-0.4, -0.2) is 11.9 Å². The summed E-state index contributed by atoms with van der Waals surface area (Å²) in [5.41, 5.74) is 8.33. The predicted octanol–water partition coefficient (Wildman–Crippen LogP) is 1.33. The summed E-state index contributed by atoms with van der Waals surface area (Å²) in [6.45, 7) is 4.01. The van der Waals surface area contributed by atoms with E-state index in [9.17, 15) is 4.79 Å². The van der Waals surface area contributed by atoms with E-state index in [0.29, 0.717) is 0 Å². The Bertz CT molecular complexity index is 450. The molecule has 0 saturated heterocycles. The maximum atomic E-state index is 11.2. The summed E-state index contributed by atoms with van der Waals surface area (Å²) in [5, 5.41) is 9.08. The van der Waals surface area contributed by atoms with Crippen molar-refractivity contribution < 1.29 is 4.79 Å². The number of amides is 1. The second kappa shape index (κ2) is 5.11. The van der Waals surface area contributed by atoms with E-state index < -0.39 is 5.91 Å². The van der Waals surface area contributed by atoms with Crippen LogP contribution in [0.2, 0.25) is 0 Å². The van der Waals surface area contributed by atoms with Crippen molar-refractivity contribution >= 4 is 17.9 Å². The average molecular weight is 217 g/mol. The zero-order valence-electron chi connectivity index (χ0n) is 9.37. The van der Waals surface area contributed by atoms with Crippen LogP contribution in [-0.2, 0) is 4.79 Å². The lowest BCUT2D eigenvalue weighted by Gasteiger charge is -2.03. The monoisotopic (exact) mass is 217 g/mol. The van der Waals surface area contributed by atoms with Crippen molar-refractivity contribution in [2.75, 3.05) is 0 Å². The van der Waals surface area contributed by atoms with Crippen molar-refractivity contribution in [1.29, 1.82) is 5.41 Å². The molecule has 1 amide bonds. The molecule has 1 aromatic carbocycles. The summed E-state index contributed by atoms with van der Waals surface area (Å²) in [7, 11) is 0. The van der Waals surface area contributed by atoms with Gasteiger partial charge < -0.3 is 5.73 Å². The molecule has 4 N–H and O–H groups in total. The zero-order chi connectivity index (χ0) is 12.1. The molecular formula is C12H15N3O. The van der Waals surface area contributed by atoms with Crippen LogP contribution in [0.3, 0.4) is 0 Å². The number of aryl methyl sites for hydroxylation is 1. The second-order valence-corrected chi connectivity index (χ2v) is 3.53. The van der Waals surface area contributed by atoms with Gasteiger partial charge in [0.25, 0.3) is 5.91 Å². The average Bonchev–Trinajstić information content (AvgIpc) is 2.19. The molecule has 0 spiro atoms. The number of carbonyl (C=O) groups excluding carboxylic acids is 1. The van der Waals surface area contributed by atoms with Gasteiger partial charge in [0.2, 0.25) is 0 Å². The van der Waals surface area contributed by atoms with Crippen molar-refractivity contribution in [3.05, 3.63) is 41.0 Å². The third kappa shape index (κ3) is 3.24. The number of rotatable bonds is 2. The highest BCUT2D eigenvalue weighted by Gasteiger charge is 1.99. The van der Waals surface area contributed by atoms with Gasteiger partial charge in [-0.3, -0.25) is 15.5 Å². The topological polar surface area (TPSA) is 79.0 Å². The molecule has 0 aliphatic heterocycles. The van der Waals surface area contributed by atoms with Crippen LogP contribution < -0.4 is 11.1 Å². The third-order valence-electron chi connectivity index (χ3n) is 2.32. The van der Waals surface area contributed by atoms with E-state index in [0.717, 1.165) is 11.1 Å². The highest BCUT2D eigenvalue weighted by atomic mass is 16.1. The maximum Gasteiger partial charge on any atom is 0.250 e. The lowest BCUT2D eigenvalue weighted by Crippen LogP contribution is -2.34. The zero-order valence-corrected chi connectivity index (χ0v) is 9.37. The molecule has 4 nitrogen and oxygen atoms in total. The Morgan fingerprint density at radius 1 is 1.44 bits per heavy atom. The molecule has 0 aromatic heterocycles. The quantitative estimate of drug-likeness (QED) is 0.397. The van der Waals surface area contributed by atoms with Crippen molar-refractivity contribution in [1.82, 2.24) is 5.32 Å². The summed E-state index contributed by atoms with van der Waals surface area (Å²) < 4.78 is 0. The predicted molar refractivity (Wildman–Crippen MR) is 65.0 cm³/mol. The number of benzene rings is 1. The van der Waals surface area contributed by atoms with Crippen molar-refractivity contribution in [3.8, 4) is 0 Å². The molecule has 0 unspecified atom stereocenters. The van der Waals surface area contributed by atoms with Crippen molar-refractivity contribution in [2.24, 2.45) is 5.73 Å². The fourth-order valence-electron chi connectivity index (χ4n) is 1.29. The molecular weight excluding hydrogens is 202 g/mol. The Hall–Kier alpha value is -2.10. The molecule has 0 saturated carbocycles. The summed E-state index contributed by atoms with van der Waals surface area (Å²) in [6, 6.07) is 5.88. The van der Waals surface area contributed by atoms with Crippen LogP contribution in [0.15, 0.2) is 24.3 Å². The smallest absolute Gasteiger partial charge is 0.250 e. The van der Waals surface area contributed by atoms with Gasteiger partial charge in [0.15, 0.2) is 5.96 Å².